The van der Waals surface area contributed by atoms with Gasteiger partial charge in [0.15, 0.2) is 0 Å². The van der Waals surface area contributed by atoms with Crippen LogP contribution in [0.5, 0.6) is 0 Å². The monoisotopic (exact) mass is 241 g/mol. The largest absolute Gasteiger partial charge is 0.355 e. The molecule has 1 amide bonds. The van der Waals surface area contributed by atoms with Crippen molar-refractivity contribution in [2.45, 2.75) is 33.1 Å². The van der Waals surface area contributed by atoms with E-state index >= 15 is 0 Å². The molecule has 0 saturated carbocycles. The third kappa shape index (κ3) is 6.03. The van der Waals surface area contributed by atoms with Crippen LogP contribution in [-0.2, 0) is 4.79 Å². The molecule has 100 valence electrons. The molecule has 0 aromatic rings. The summed E-state index contributed by atoms with van der Waals surface area (Å²) in [5, 5.41) is 6.34. The quantitative estimate of drug-likeness (QED) is 0.694. The number of amides is 1. The number of carbonyl (C=O) groups excluding carboxylic acids is 1. The molecule has 1 aliphatic heterocycles. The van der Waals surface area contributed by atoms with Crippen LogP contribution in [0.25, 0.3) is 0 Å². The van der Waals surface area contributed by atoms with E-state index in [0.717, 1.165) is 39.1 Å². The number of hydrogen-bond donors (Lipinski definition) is 2. The van der Waals surface area contributed by atoms with Crippen LogP contribution in [0.15, 0.2) is 0 Å². The van der Waals surface area contributed by atoms with Gasteiger partial charge in [0.2, 0.25) is 5.91 Å². The van der Waals surface area contributed by atoms with E-state index in [1.807, 2.05) is 0 Å². The minimum Gasteiger partial charge on any atom is -0.355 e. The zero-order valence-corrected chi connectivity index (χ0v) is 11.3. The Hall–Kier alpha value is -0.610. The Morgan fingerprint density at radius 1 is 1.41 bits per heavy atom. The fraction of sp³-hybridized carbons (Fsp3) is 0.923. The summed E-state index contributed by atoms with van der Waals surface area (Å²) in [6.07, 6.45) is 3.52. The Bertz CT molecular complexity index is 221. The lowest BCUT2D eigenvalue weighted by Gasteiger charge is -2.32. The summed E-state index contributed by atoms with van der Waals surface area (Å²) >= 11 is 0. The SMILES string of the molecule is CCCNC(=O)CN1CCCC(CNCC)C1. The van der Waals surface area contributed by atoms with Gasteiger partial charge in [-0.05, 0) is 44.8 Å². The Kier molecular flexibility index (Phi) is 7.21. The molecule has 0 aliphatic carbocycles. The van der Waals surface area contributed by atoms with Gasteiger partial charge in [0.1, 0.15) is 0 Å². The lowest BCUT2D eigenvalue weighted by molar-refractivity contribution is -0.122. The smallest absolute Gasteiger partial charge is 0.234 e. The highest BCUT2D eigenvalue weighted by Gasteiger charge is 2.20. The van der Waals surface area contributed by atoms with Crippen molar-refractivity contribution in [2.75, 3.05) is 39.3 Å². The van der Waals surface area contributed by atoms with Crippen LogP contribution in [0.3, 0.4) is 0 Å². The van der Waals surface area contributed by atoms with Crippen LogP contribution in [0.1, 0.15) is 33.1 Å². The predicted molar refractivity (Wildman–Crippen MR) is 71.0 cm³/mol. The minimum absolute atomic E-state index is 0.177. The first-order valence-corrected chi connectivity index (χ1v) is 6.96. The normalized spacial score (nSPS) is 21.4. The van der Waals surface area contributed by atoms with Crippen LogP contribution in [-0.4, -0.2) is 50.1 Å². The average Bonchev–Trinajstić information content (AvgIpc) is 2.34. The highest BCUT2D eigenvalue weighted by Crippen LogP contribution is 2.15. The zero-order chi connectivity index (χ0) is 12.5. The van der Waals surface area contributed by atoms with E-state index in [-0.39, 0.29) is 5.91 Å². The van der Waals surface area contributed by atoms with Crippen molar-refractivity contribution in [3.8, 4) is 0 Å². The molecule has 1 unspecified atom stereocenters. The average molecular weight is 241 g/mol. The molecule has 0 bridgehead atoms. The maximum absolute atomic E-state index is 11.6. The van der Waals surface area contributed by atoms with E-state index in [1.54, 1.807) is 0 Å². The van der Waals surface area contributed by atoms with Gasteiger partial charge in [0, 0.05) is 13.1 Å². The lowest BCUT2D eigenvalue weighted by Crippen LogP contribution is -2.44. The molecule has 1 heterocycles. The number of rotatable bonds is 7. The van der Waals surface area contributed by atoms with Gasteiger partial charge in [-0.3, -0.25) is 9.69 Å². The molecular formula is C13H27N3O. The van der Waals surface area contributed by atoms with Crippen LogP contribution < -0.4 is 10.6 Å². The standard InChI is InChI=1S/C13H27N3O/c1-3-7-15-13(17)11-16-8-5-6-12(10-16)9-14-4-2/h12,14H,3-11H2,1-2H3,(H,15,17). The molecule has 0 aromatic carbocycles. The zero-order valence-electron chi connectivity index (χ0n) is 11.3. The summed E-state index contributed by atoms with van der Waals surface area (Å²) in [6.45, 7) is 9.84. The molecule has 1 fully saturated rings. The summed E-state index contributed by atoms with van der Waals surface area (Å²) in [5.41, 5.74) is 0. The Balaban J connectivity index is 2.21. The van der Waals surface area contributed by atoms with Crippen LogP contribution in [0.2, 0.25) is 0 Å². The number of nitrogens with zero attached hydrogens (tertiary/aromatic N) is 1. The second-order valence-corrected chi connectivity index (χ2v) is 4.90. The van der Waals surface area contributed by atoms with E-state index in [9.17, 15) is 4.79 Å². The molecule has 2 N–H and O–H groups in total. The van der Waals surface area contributed by atoms with Crippen LogP contribution >= 0.6 is 0 Å². The Labute approximate surface area is 105 Å². The van der Waals surface area contributed by atoms with Crippen molar-refractivity contribution < 1.29 is 4.79 Å². The molecule has 1 rings (SSSR count). The maximum atomic E-state index is 11.6. The minimum atomic E-state index is 0.177. The molecule has 0 radical (unpaired) electrons. The number of nitrogens with one attached hydrogen (secondary N) is 2. The second-order valence-electron chi connectivity index (χ2n) is 4.90. The molecule has 1 saturated heterocycles. The van der Waals surface area contributed by atoms with Crippen LogP contribution in [0, 0.1) is 5.92 Å². The summed E-state index contributed by atoms with van der Waals surface area (Å²) in [5.74, 6) is 0.888. The first-order valence-electron chi connectivity index (χ1n) is 6.96. The topological polar surface area (TPSA) is 44.4 Å². The highest BCUT2D eigenvalue weighted by molar-refractivity contribution is 5.77. The van der Waals surface area contributed by atoms with Crippen molar-refractivity contribution in [3.63, 3.8) is 0 Å². The van der Waals surface area contributed by atoms with Crippen molar-refractivity contribution in [1.82, 2.24) is 15.5 Å². The molecule has 4 heteroatoms. The molecular weight excluding hydrogens is 214 g/mol. The molecule has 17 heavy (non-hydrogen) atoms. The van der Waals surface area contributed by atoms with Gasteiger partial charge >= 0.3 is 0 Å². The van der Waals surface area contributed by atoms with Gasteiger partial charge in [-0.15, -0.1) is 0 Å². The molecule has 1 atom stereocenters. The van der Waals surface area contributed by atoms with E-state index in [2.05, 4.69) is 29.4 Å². The fourth-order valence-electron chi connectivity index (χ4n) is 2.33. The van der Waals surface area contributed by atoms with Gasteiger partial charge in [-0.1, -0.05) is 13.8 Å². The predicted octanol–water partition coefficient (Wildman–Crippen LogP) is 0.834. The first kappa shape index (κ1) is 14.5. The number of piperidine rings is 1. The van der Waals surface area contributed by atoms with Gasteiger partial charge in [0.25, 0.3) is 0 Å². The van der Waals surface area contributed by atoms with Crippen molar-refractivity contribution >= 4 is 5.91 Å². The Morgan fingerprint density at radius 3 is 2.94 bits per heavy atom. The number of carbonyl (C=O) groups is 1. The summed E-state index contributed by atoms with van der Waals surface area (Å²) < 4.78 is 0. The van der Waals surface area contributed by atoms with Crippen molar-refractivity contribution in [3.05, 3.63) is 0 Å². The van der Waals surface area contributed by atoms with E-state index in [1.165, 1.54) is 12.8 Å². The maximum Gasteiger partial charge on any atom is 0.234 e. The molecule has 0 aromatic heterocycles. The van der Waals surface area contributed by atoms with Gasteiger partial charge in [-0.2, -0.15) is 0 Å². The summed E-state index contributed by atoms with van der Waals surface area (Å²) in [6, 6.07) is 0. The molecule has 0 spiro atoms. The highest BCUT2D eigenvalue weighted by atomic mass is 16.2. The van der Waals surface area contributed by atoms with Crippen molar-refractivity contribution in [1.29, 1.82) is 0 Å². The lowest BCUT2D eigenvalue weighted by atomic mass is 9.98. The summed E-state index contributed by atoms with van der Waals surface area (Å²) in [4.78, 5) is 13.9. The van der Waals surface area contributed by atoms with Gasteiger partial charge < -0.3 is 10.6 Å². The second kappa shape index (κ2) is 8.48. The third-order valence-corrected chi connectivity index (χ3v) is 3.23. The number of likely N-dealkylation sites (tertiary alicyclic amines) is 1. The molecule has 4 nitrogen and oxygen atoms in total. The third-order valence-electron chi connectivity index (χ3n) is 3.23. The van der Waals surface area contributed by atoms with E-state index in [0.29, 0.717) is 12.5 Å². The van der Waals surface area contributed by atoms with E-state index in [4.69, 9.17) is 0 Å². The Morgan fingerprint density at radius 2 is 2.24 bits per heavy atom. The molecule has 1 aliphatic rings. The first-order chi connectivity index (χ1) is 8.26. The number of hydrogen-bond acceptors (Lipinski definition) is 3. The van der Waals surface area contributed by atoms with E-state index < -0.39 is 0 Å². The van der Waals surface area contributed by atoms with Crippen molar-refractivity contribution in [2.24, 2.45) is 5.92 Å². The summed E-state index contributed by atoms with van der Waals surface area (Å²) in [7, 11) is 0. The van der Waals surface area contributed by atoms with Crippen LogP contribution in [0.4, 0.5) is 0 Å². The van der Waals surface area contributed by atoms with Gasteiger partial charge in [-0.25, -0.2) is 0 Å². The fourth-order valence-corrected chi connectivity index (χ4v) is 2.33. The van der Waals surface area contributed by atoms with Gasteiger partial charge in [0.05, 0.1) is 6.54 Å².